The van der Waals surface area contributed by atoms with Gasteiger partial charge in [-0.05, 0) is 31.0 Å². The number of aryl methyl sites for hydroxylation is 1. The molecule has 3 aromatic rings. The van der Waals surface area contributed by atoms with Crippen molar-refractivity contribution in [2.75, 3.05) is 5.32 Å². The molecule has 0 saturated heterocycles. The third kappa shape index (κ3) is 4.52. The Morgan fingerprint density at radius 1 is 0.967 bits per heavy atom. The lowest BCUT2D eigenvalue weighted by Gasteiger charge is -2.16. The zero-order valence-electron chi connectivity index (χ0n) is 16.5. The van der Waals surface area contributed by atoms with Crippen molar-refractivity contribution in [3.05, 3.63) is 94.0 Å². The molecule has 0 heterocycles. The van der Waals surface area contributed by atoms with Crippen molar-refractivity contribution in [1.82, 2.24) is 0 Å². The topological polar surface area (TPSA) is 98.5 Å². The predicted octanol–water partition coefficient (Wildman–Crippen LogP) is 4.75. The number of nitrogens with zero attached hydrogens (tertiary/aromatic N) is 1. The number of para-hydroxylation sites is 1. The Morgan fingerprint density at radius 2 is 1.63 bits per heavy atom. The van der Waals surface area contributed by atoms with E-state index < -0.39 is 22.9 Å². The van der Waals surface area contributed by atoms with Gasteiger partial charge in [0.2, 0.25) is 0 Å². The number of nitrogens with one attached hydrogen (secondary N) is 1. The van der Waals surface area contributed by atoms with Crippen LogP contribution in [0.4, 0.5) is 11.4 Å². The average Bonchev–Trinajstić information content (AvgIpc) is 2.74. The van der Waals surface area contributed by atoms with Crippen molar-refractivity contribution >= 4 is 23.3 Å². The molecule has 1 N–H and O–H groups in total. The molecule has 1 atom stereocenters. The number of amides is 1. The number of carbonyl (C=O) groups is 2. The summed E-state index contributed by atoms with van der Waals surface area (Å²) in [6, 6.07) is 21.1. The van der Waals surface area contributed by atoms with Gasteiger partial charge in [0.05, 0.1) is 4.92 Å². The second kappa shape index (κ2) is 9.00. The van der Waals surface area contributed by atoms with Gasteiger partial charge >= 0.3 is 5.97 Å². The summed E-state index contributed by atoms with van der Waals surface area (Å²) in [5.41, 5.74) is 2.19. The number of rotatable bonds is 6. The van der Waals surface area contributed by atoms with Gasteiger partial charge in [0, 0.05) is 17.3 Å². The molecule has 0 aliphatic heterocycles. The molecule has 1 unspecified atom stereocenters. The van der Waals surface area contributed by atoms with Crippen LogP contribution in [0.2, 0.25) is 0 Å². The van der Waals surface area contributed by atoms with E-state index in [0.717, 1.165) is 11.1 Å². The highest BCUT2D eigenvalue weighted by Gasteiger charge is 2.27. The fourth-order valence-corrected chi connectivity index (χ4v) is 3.04. The van der Waals surface area contributed by atoms with E-state index >= 15 is 0 Å². The first kappa shape index (κ1) is 20.7. The first-order chi connectivity index (χ1) is 14.4. The van der Waals surface area contributed by atoms with E-state index in [1.165, 1.54) is 19.1 Å². The van der Waals surface area contributed by atoms with E-state index in [1.807, 2.05) is 42.5 Å². The Balaban J connectivity index is 1.77. The molecule has 0 bridgehead atoms. The van der Waals surface area contributed by atoms with Crippen LogP contribution in [0.1, 0.15) is 22.8 Å². The Labute approximate surface area is 173 Å². The van der Waals surface area contributed by atoms with Gasteiger partial charge in [-0.1, -0.05) is 60.7 Å². The minimum atomic E-state index is -1.15. The van der Waals surface area contributed by atoms with Crippen LogP contribution in [0.5, 0.6) is 0 Å². The van der Waals surface area contributed by atoms with E-state index in [0.29, 0.717) is 11.3 Å². The standard InChI is InChI=1S/C23H20N2O5/c1-15-9-8-14-20(25(28)29)21(15)23(27)30-16(2)22(26)24-19-13-7-6-12-18(19)17-10-4-3-5-11-17/h3-14,16H,1-2H3,(H,24,26). The SMILES string of the molecule is Cc1cccc([N+](=O)[O-])c1C(=O)OC(C)C(=O)Nc1ccccc1-c1ccccc1. The van der Waals surface area contributed by atoms with Crippen molar-refractivity contribution in [3.8, 4) is 11.1 Å². The summed E-state index contributed by atoms with van der Waals surface area (Å²) < 4.78 is 5.23. The Kier molecular flexibility index (Phi) is 6.22. The molecule has 3 rings (SSSR count). The number of esters is 1. The molecule has 152 valence electrons. The number of benzene rings is 3. The van der Waals surface area contributed by atoms with Crippen LogP contribution >= 0.6 is 0 Å². The summed E-state index contributed by atoms with van der Waals surface area (Å²) in [5.74, 6) is -1.46. The van der Waals surface area contributed by atoms with Crippen LogP contribution in [-0.2, 0) is 9.53 Å². The summed E-state index contributed by atoms with van der Waals surface area (Å²) in [6.07, 6.45) is -1.15. The smallest absolute Gasteiger partial charge is 0.346 e. The molecular weight excluding hydrogens is 384 g/mol. The second-order valence-corrected chi connectivity index (χ2v) is 6.67. The third-order valence-electron chi connectivity index (χ3n) is 4.57. The maximum absolute atomic E-state index is 12.6. The van der Waals surface area contributed by atoms with Crippen LogP contribution in [0.25, 0.3) is 11.1 Å². The van der Waals surface area contributed by atoms with Gasteiger partial charge in [-0.25, -0.2) is 4.79 Å². The van der Waals surface area contributed by atoms with Gasteiger partial charge in [0.15, 0.2) is 6.10 Å². The molecule has 1 amide bonds. The minimum absolute atomic E-state index is 0.160. The van der Waals surface area contributed by atoms with Crippen LogP contribution < -0.4 is 5.32 Å². The first-order valence-electron chi connectivity index (χ1n) is 9.28. The maximum atomic E-state index is 12.6. The Morgan fingerprint density at radius 3 is 2.33 bits per heavy atom. The number of anilines is 1. The monoisotopic (exact) mass is 404 g/mol. The number of nitro groups is 1. The van der Waals surface area contributed by atoms with Gasteiger partial charge < -0.3 is 10.1 Å². The number of nitro benzene ring substituents is 1. The number of carbonyl (C=O) groups excluding carboxylic acids is 2. The lowest BCUT2D eigenvalue weighted by molar-refractivity contribution is -0.385. The molecule has 0 aromatic heterocycles. The quantitative estimate of drug-likeness (QED) is 0.363. The molecule has 0 saturated carbocycles. The number of hydrogen-bond donors (Lipinski definition) is 1. The number of ether oxygens (including phenoxy) is 1. The van der Waals surface area contributed by atoms with Gasteiger partial charge in [0.1, 0.15) is 5.56 Å². The van der Waals surface area contributed by atoms with E-state index in [2.05, 4.69) is 5.32 Å². The fraction of sp³-hybridized carbons (Fsp3) is 0.130. The van der Waals surface area contributed by atoms with Crippen LogP contribution in [0, 0.1) is 17.0 Å². The van der Waals surface area contributed by atoms with Crippen LogP contribution in [0.15, 0.2) is 72.8 Å². The summed E-state index contributed by atoms with van der Waals surface area (Å²) in [7, 11) is 0. The molecule has 0 aliphatic rings. The van der Waals surface area contributed by atoms with Crippen LogP contribution in [-0.4, -0.2) is 22.9 Å². The average molecular weight is 404 g/mol. The summed E-state index contributed by atoms with van der Waals surface area (Å²) in [4.78, 5) is 35.8. The summed E-state index contributed by atoms with van der Waals surface area (Å²) >= 11 is 0. The van der Waals surface area contributed by atoms with E-state index in [-0.39, 0.29) is 11.3 Å². The fourth-order valence-electron chi connectivity index (χ4n) is 3.04. The van der Waals surface area contributed by atoms with E-state index in [4.69, 9.17) is 4.74 Å². The third-order valence-corrected chi connectivity index (χ3v) is 4.57. The molecule has 0 fully saturated rings. The summed E-state index contributed by atoms with van der Waals surface area (Å²) in [5, 5.41) is 14.0. The van der Waals surface area contributed by atoms with Gasteiger partial charge in [0.25, 0.3) is 11.6 Å². The van der Waals surface area contributed by atoms with Gasteiger partial charge in [-0.3, -0.25) is 14.9 Å². The van der Waals surface area contributed by atoms with Gasteiger partial charge in [-0.2, -0.15) is 0 Å². The first-order valence-corrected chi connectivity index (χ1v) is 9.28. The lowest BCUT2D eigenvalue weighted by atomic mass is 10.0. The molecule has 0 radical (unpaired) electrons. The molecule has 7 heteroatoms. The number of hydrogen-bond acceptors (Lipinski definition) is 5. The van der Waals surface area contributed by atoms with Crippen molar-refractivity contribution in [2.45, 2.75) is 20.0 Å². The zero-order chi connectivity index (χ0) is 21.7. The molecule has 0 aliphatic carbocycles. The van der Waals surface area contributed by atoms with E-state index in [1.54, 1.807) is 25.1 Å². The maximum Gasteiger partial charge on any atom is 0.346 e. The molecule has 7 nitrogen and oxygen atoms in total. The molecule has 3 aromatic carbocycles. The largest absolute Gasteiger partial charge is 0.449 e. The lowest BCUT2D eigenvalue weighted by Crippen LogP contribution is -2.30. The highest BCUT2D eigenvalue weighted by Crippen LogP contribution is 2.28. The highest BCUT2D eigenvalue weighted by molar-refractivity contribution is 6.01. The van der Waals surface area contributed by atoms with Crippen molar-refractivity contribution in [2.24, 2.45) is 0 Å². The minimum Gasteiger partial charge on any atom is -0.449 e. The highest BCUT2D eigenvalue weighted by atomic mass is 16.6. The predicted molar refractivity (Wildman–Crippen MR) is 113 cm³/mol. The van der Waals surface area contributed by atoms with Crippen molar-refractivity contribution in [3.63, 3.8) is 0 Å². The Hall–Kier alpha value is -4.00. The Bertz CT molecular complexity index is 1100. The van der Waals surface area contributed by atoms with Gasteiger partial charge in [-0.15, -0.1) is 0 Å². The molecule has 0 spiro atoms. The molecular formula is C23H20N2O5. The zero-order valence-corrected chi connectivity index (χ0v) is 16.5. The van der Waals surface area contributed by atoms with Crippen LogP contribution in [0.3, 0.4) is 0 Å². The second-order valence-electron chi connectivity index (χ2n) is 6.67. The summed E-state index contributed by atoms with van der Waals surface area (Å²) in [6.45, 7) is 2.99. The van der Waals surface area contributed by atoms with E-state index in [9.17, 15) is 19.7 Å². The molecule has 30 heavy (non-hydrogen) atoms. The van der Waals surface area contributed by atoms with Crippen molar-refractivity contribution < 1.29 is 19.2 Å². The normalized spacial score (nSPS) is 11.4. The van der Waals surface area contributed by atoms with Crippen molar-refractivity contribution in [1.29, 1.82) is 0 Å².